The molecule has 7 nitrogen and oxygen atoms in total. The normalized spacial score (nSPS) is 13.9. The van der Waals surface area contributed by atoms with Crippen molar-refractivity contribution in [2.45, 2.75) is 39.5 Å². The highest BCUT2D eigenvalue weighted by molar-refractivity contribution is 6.10. The molecule has 1 aromatic heterocycles. The molecule has 42 heavy (non-hydrogen) atoms. The van der Waals surface area contributed by atoms with E-state index in [1.54, 1.807) is 24.3 Å². The third-order valence-corrected chi connectivity index (χ3v) is 7.67. The molecular weight excluding hydrogens is 533 g/mol. The first-order chi connectivity index (χ1) is 20.3. The van der Waals surface area contributed by atoms with Crippen LogP contribution in [-0.4, -0.2) is 38.1 Å². The van der Waals surface area contributed by atoms with Crippen LogP contribution < -0.4 is 21.1 Å². The third-order valence-electron chi connectivity index (χ3n) is 7.67. The van der Waals surface area contributed by atoms with Crippen molar-refractivity contribution in [2.24, 2.45) is 17.6 Å². The summed E-state index contributed by atoms with van der Waals surface area (Å²) < 4.78 is 25.7. The second-order valence-corrected chi connectivity index (χ2v) is 11.5. The van der Waals surface area contributed by atoms with Crippen LogP contribution in [0, 0.1) is 17.7 Å². The second-order valence-electron chi connectivity index (χ2n) is 11.5. The number of halogens is 1. The van der Waals surface area contributed by atoms with Gasteiger partial charge in [0.15, 0.2) is 0 Å². The van der Waals surface area contributed by atoms with Crippen LogP contribution in [0.25, 0.3) is 22.3 Å². The molecule has 8 heteroatoms. The number of nitrogens with one attached hydrogen (secondary N) is 2. The lowest BCUT2D eigenvalue weighted by Gasteiger charge is -2.22. The number of carbonyl (C=O) groups excluding carboxylic acids is 2. The first-order valence-electron chi connectivity index (χ1n) is 14.6. The van der Waals surface area contributed by atoms with Crippen LogP contribution in [0.5, 0.6) is 5.75 Å². The molecule has 0 bridgehead atoms. The molecule has 0 aliphatic carbocycles. The number of furan rings is 1. The monoisotopic (exact) mass is 571 g/mol. The van der Waals surface area contributed by atoms with E-state index in [0.29, 0.717) is 65.0 Å². The van der Waals surface area contributed by atoms with Crippen molar-refractivity contribution >= 4 is 22.8 Å². The molecule has 1 aliphatic heterocycles. The summed E-state index contributed by atoms with van der Waals surface area (Å²) in [5.41, 5.74) is 9.48. The number of primary amides is 1. The Kier molecular flexibility index (Phi) is 9.22. The lowest BCUT2D eigenvalue weighted by molar-refractivity contribution is 0.0947. The Labute approximate surface area is 245 Å². The van der Waals surface area contributed by atoms with Gasteiger partial charge in [0.2, 0.25) is 0 Å². The fourth-order valence-corrected chi connectivity index (χ4v) is 5.43. The van der Waals surface area contributed by atoms with Crippen molar-refractivity contribution in [3.05, 3.63) is 88.7 Å². The largest absolute Gasteiger partial charge is 0.494 e. The predicted molar refractivity (Wildman–Crippen MR) is 162 cm³/mol. The van der Waals surface area contributed by atoms with Gasteiger partial charge in [-0.15, -0.1) is 0 Å². The molecule has 220 valence electrons. The number of rotatable bonds is 11. The van der Waals surface area contributed by atoms with Crippen molar-refractivity contribution in [1.82, 2.24) is 10.6 Å². The Bertz CT molecular complexity index is 1560. The zero-order valence-corrected chi connectivity index (χ0v) is 24.2. The molecule has 1 fully saturated rings. The molecule has 0 atom stereocenters. The summed E-state index contributed by atoms with van der Waals surface area (Å²) in [5, 5.41) is 6.98. The summed E-state index contributed by atoms with van der Waals surface area (Å²) in [4.78, 5) is 25.5. The average molecular weight is 572 g/mol. The molecule has 1 aliphatic rings. The maximum absolute atomic E-state index is 13.5. The Morgan fingerprint density at radius 3 is 2.52 bits per heavy atom. The van der Waals surface area contributed by atoms with Gasteiger partial charge in [-0.1, -0.05) is 19.9 Å². The maximum Gasteiger partial charge on any atom is 0.253 e. The summed E-state index contributed by atoms with van der Waals surface area (Å²) in [6.07, 6.45) is 3.78. The molecule has 4 aromatic rings. The molecule has 2 amide bonds. The summed E-state index contributed by atoms with van der Waals surface area (Å²) >= 11 is 0. The van der Waals surface area contributed by atoms with Crippen LogP contribution in [0.1, 0.15) is 65.0 Å². The van der Waals surface area contributed by atoms with Crippen LogP contribution >= 0.6 is 0 Å². The smallest absolute Gasteiger partial charge is 0.253 e. The quantitative estimate of drug-likeness (QED) is 0.202. The number of nitrogens with two attached hydrogens (primary N) is 1. The van der Waals surface area contributed by atoms with Gasteiger partial charge in [0.1, 0.15) is 22.9 Å². The number of piperidine rings is 1. The first-order valence-corrected chi connectivity index (χ1v) is 14.6. The number of carbonyl (C=O) groups is 2. The highest BCUT2D eigenvalue weighted by Crippen LogP contribution is 2.34. The Hall–Kier alpha value is -4.17. The molecule has 2 heterocycles. The van der Waals surface area contributed by atoms with Crippen LogP contribution in [0.15, 0.2) is 65.1 Å². The molecule has 4 N–H and O–H groups in total. The van der Waals surface area contributed by atoms with Gasteiger partial charge in [-0.25, -0.2) is 4.39 Å². The summed E-state index contributed by atoms with van der Waals surface area (Å²) in [6, 6.07) is 17.0. The molecule has 5 rings (SSSR count). The molecule has 0 spiro atoms. The molecule has 1 saturated heterocycles. The van der Waals surface area contributed by atoms with E-state index >= 15 is 0 Å². The van der Waals surface area contributed by atoms with E-state index in [4.69, 9.17) is 14.9 Å². The highest BCUT2D eigenvalue weighted by Gasteiger charge is 2.21. The van der Waals surface area contributed by atoms with E-state index in [-0.39, 0.29) is 17.3 Å². The van der Waals surface area contributed by atoms with Crippen molar-refractivity contribution < 1.29 is 23.1 Å². The van der Waals surface area contributed by atoms with Crippen LogP contribution in [0.2, 0.25) is 0 Å². The van der Waals surface area contributed by atoms with Crippen molar-refractivity contribution in [3.63, 3.8) is 0 Å². The van der Waals surface area contributed by atoms with Gasteiger partial charge in [-0.2, -0.15) is 0 Å². The zero-order valence-electron chi connectivity index (χ0n) is 24.2. The fraction of sp³-hybridized carbons (Fsp3) is 0.353. The topological polar surface area (TPSA) is 107 Å². The molecular formula is C34H38FN3O4. The minimum atomic E-state index is -0.626. The van der Waals surface area contributed by atoms with Crippen molar-refractivity contribution in [1.29, 1.82) is 0 Å². The van der Waals surface area contributed by atoms with E-state index in [1.165, 1.54) is 12.1 Å². The van der Waals surface area contributed by atoms with Gasteiger partial charge in [-0.05, 0) is 116 Å². The number of benzene rings is 3. The van der Waals surface area contributed by atoms with Crippen molar-refractivity contribution in [3.8, 4) is 17.1 Å². The average Bonchev–Trinajstić information content (AvgIpc) is 3.36. The Morgan fingerprint density at radius 2 is 1.81 bits per heavy atom. The van der Waals surface area contributed by atoms with E-state index in [2.05, 4.69) is 24.5 Å². The van der Waals surface area contributed by atoms with Gasteiger partial charge in [0.05, 0.1) is 12.2 Å². The van der Waals surface area contributed by atoms with E-state index in [9.17, 15) is 14.0 Å². The number of ether oxygens (including phenoxy) is 1. The van der Waals surface area contributed by atoms with Crippen LogP contribution in [0.4, 0.5) is 4.39 Å². The Balaban J connectivity index is 1.42. The lowest BCUT2D eigenvalue weighted by Crippen LogP contribution is -2.28. The number of fused-ring (bicyclic) bond motifs is 1. The predicted octanol–water partition coefficient (Wildman–Crippen LogP) is 6.08. The SMILES string of the molecule is CC(C)CNC(=O)c1cc(Cc2ccc3oc(-c4ccc(F)cc4)c(C(N)=O)c3c2)cc(OCCC2CCNCC2)c1. The van der Waals surface area contributed by atoms with Crippen molar-refractivity contribution in [2.75, 3.05) is 26.2 Å². The molecule has 0 unspecified atom stereocenters. The van der Waals surface area contributed by atoms with Gasteiger partial charge >= 0.3 is 0 Å². The Morgan fingerprint density at radius 1 is 1.05 bits per heavy atom. The highest BCUT2D eigenvalue weighted by atomic mass is 19.1. The number of hydrogen-bond acceptors (Lipinski definition) is 5. The minimum Gasteiger partial charge on any atom is -0.494 e. The lowest BCUT2D eigenvalue weighted by atomic mass is 9.95. The first kappa shape index (κ1) is 29.3. The van der Waals surface area contributed by atoms with Gasteiger partial charge in [0, 0.05) is 23.1 Å². The second kappa shape index (κ2) is 13.2. The van der Waals surface area contributed by atoms with Gasteiger partial charge in [-0.3, -0.25) is 9.59 Å². The van der Waals surface area contributed by atoms with E-state index < -0.39 is 5.91 Å². The minimum absolute atomic E-state index is 0.140. The fourth-order valence-electron chi connectivity index (χ4n) is 5.43. The molecule has 0 saturated carbocycles. The maximum atomic E-state index is 13.5. The number of amides is 2. The standard InChI is InChI=1S/C34H38FN3O4/c1-21(2)20-38-34(40)26-16-24(17-28(19-26)41-14-11-22-9-12-37-13-10-22)15-23-3-8-30-29(18-23)31(33(36)39)32(42-30)25-4-6-27(35)7-5-25/h3-8,16-19,21-22,37H,9-15,20H2,1-2H3,(H2,36,39)(H,38,40). The van der Waals surface area contributed by atoms with E-state index in [1.807, 2.05) is 24.3 Å². The summed E-state index contributed by atoms with van der Waals surface area (Å²) in [5.74, 6) is 0.799. The van der Waals surface area contributed by atoms with Gasteiger partial charge < -0.3 is 25.5 Å². The van der Waals surface area contributed by atoms with Crippen LogP contribution in [-0.2, 0) is 6.42 Å². The third kappa shape index (κ3) is 7.18. The van der Waals surface area contributed by atoms with Gasteiger partial charge in [0.25, 0.3) is 11.8 Å². The summed E-state index contributed by atoms with van der Waals surface area (Å²) in [6.45, 7) is 7.38. The van der Waals surface area contributed by atoms with E-state index in [0.717, 1.165) is 43.5 Å². The zero-order chi connectivity index (χ0) is 29.6. The van der Waals surface area contributed by atoms with Crippen LogP contribution in [0.3, 0.4) is 0 Å². The number of hydrogen-bond donors (Lipinski definition) is 3. The summed E-state index contributed by atoms with van der Waals surface area (Å²) in [7, 11) is 0. The molecule has 3 aromatic carbocycles. The molecule has 0 radical (unpaired) electrons.